The third-order valence-electron chi connectivity index (χ3n) is 2.77. The first-order valence-electron chi connectivity index (χ1n) is 6.64. The number of nitrogens with one attached hydrogen (secondary N) is 1. The van der Waals surface area contributed by atoms with Gasteiger partial charge in [0.05, 0.1) is 0 Å². The smallest absolute Gasteiger partial charge is 0.112 e. The molecule has 0 saturated heterocycles. The zero-order valence-corrected chi connectivity index (χ0v) is 11.4. The summed E-state index contributed by atoms with van der Waals surface area (Å²) in [5, 5.41) is 3.33. The van der Waals surface area contributed by atoms with Crippen molar-refractivity contribution in [3.05, 3.63) is 29.9 Å². The standard InChI is InChI=1S/C14H25N3/c1-4-10-17-11-9-16-14(17)12-13(3)7-6-8-15-5-2/h7,9,11,15H,4-6,8,10,12H2,1-3H3. The van der Waals surface area contributed by atoms with Crippen molar-refractivity contribution in [3.63, 3.8) is 0 Å². The minimum atomic E-state index is 0.971. The SMILES string of the molecule is CCCn1ccnc1CC(C)=CCCNCC. The number of allylic oxidation sites excluding steroid dienone is 1. The van der Waals surface area contributed by atoms with Gasteiger partial charge < -0.3 is 9.88 Å². The molecule has 1 aromatic heterocycles. The summed E-state index contributed by atoms with van der Waals surface area (Å²) in [6.07, 6.45) is 9.52. The molecule has 0 aliphatic carbocycles. The largest absolute Gasteiger partial charge is 0.335 e. The van der Waals surface area contributed by atoms with Gasteiger partial charge in [-0.1, -0.05) is 25.5 Å². The van der Waals surface area contributed by atoms with E-state index in [2.05, 4.69) is 47.9 Å². The third-order valence-corrected chi connectivity index (χ3v) is 2.77. The van der Waals surface area contributed by atoms with E-state index in [1.54, 1.807) is 0 Å². The Morgan fingerprint density at radius 1 is 1.47 bits per heavy atom. The van der Waals surface area contributed by atoms with Crippen LogP contribution in [0.1, 0.15) is 39.4 Å². The van der Waals surface area contributed by atoms with Crippen LogP contribution < -0.4 is 5.32 Å². The Morgan fingerprint density at radius 3 is 3.00 bits per heavy atom. The van der Waals surface area contributed by atoms with Crippen LogP contribution in [0.4, 0.5) is 0 Å². The maximum Gasteiger partial charge on any atom is 0.112 e. The number of hydrogen-bond acceptors (Lipinski definition) is 2. The highest BCUT2D eigenvalue weighted by atomic mass is 15.1. The third kappa shape index (κ3) is 5.18. The van der Waals surface area contributed by atoms with E-state index in [-0.39, 0.29) is 0 Å². The van der Waals surface area contributed by atoms with Crippen LogP contribution in [0.15, 0.2) is 24.0 Å². The predicted molar refractivity (Wildman–Crippen MR) is 73.1 cm³/mol. The zero-order valence-electron chi connectivity index (χ0n) is 11.4. The molecule has 1 aromatic rings. The van der Waals surface area contributed by atoms with E-state index < -0.39 is 0 Å². The van der Waals surface area contributed by atoms with Gasteiger partial charge in [-0.15, -0.1) is 0 Å². The van der Waals surface area contributed by atoms with Gasteiger partial charge >= 0.3 is 0 Å². The molecule has 0 aliphatic rings. The molecule has 96 valence electrons. The van der Waals surface area contributed by atoms with Gasteiger partial charge in [0.15, 0.2) is 0 Å². The molecule has 0 amide bonds. The highest BCUT2D eigenvalue weighted by Gasteiger charge is 2.02. The lowest BCUT2D eigenvalue weighted by molar-refractivity contribution is 0.644. The number of imidazole rings is 1. The van der Waals surface area contributed by atoms with Crippen molar-refractivity contribution in [2.75, 3.05) is 13.1 Å². The molecule has 0 unspecified atom stereocenters. The Kier molecular flexibility index (Phi) is 6.63. The van der Waals surface area contributed by atoms with E-state index in [0.29, 0.717) is 0 Å². The quantitative estimate of drug-likeness (QED) is 0.554. The second-order valence-corrected chi connectivity index (χ2v) is 4.41. The van der Waals surface area contributed by atoms with Crippen LogP contribution in [-0.2, 0) is 13.0 Å². The van der Waals surface area contributed by atoms with Crippen LogP contribution in [0.2, 0.25) is 0 Å². The minimum Gasteiger partial charge on any atom is -0.335 e. The van der Waals surface area contributed by atoms with Crippen molar-refractivity contribution in [2.24, 2.45) is 0 Å². The molecule has 0 atom stereocenters. The van der Waals surface area contributed by atoms with Crippen molar-refractivity contribution in [2.45, 2.75) is 46.6 Å². The van der Waals surface area contributed by atoms with Gasteiger partial charge in [-0.05, 0) is 32.9 Å². The molecule has 0 aliphatic heterocycles. The summed E-state index contributed by atoms with van der Waals surface area (Å²) in [6, 6.07) is 0. The lowest BCUT2D eigenvalue weighted by Gasteiger charge is -2.06. The highest BCUT2D eigenvalue weighted by molar-refractivity contribution is 5.08. The number of aromatic nitrogens is 2. The number of aryl methyl sites for hydroxylation is 1. The maximum absolute atomic E-state index is 4.43. The van der Waals surface area contributed by atoms with E-state index in [1.807, 2.05) is 6.20 Å². The molecule has 3 nitrogen and oxygen atoms in total. The van der Waals surface area contributed by atoms with E-state index in [0.717, 1.165) is 38.9 Å². The summed E-state index contributed by atoms with van der Waals surface area (Å²) < 4.78 is 2.25. The van der Waals surface area contributed by atoms with Crippen molar-refractivity contribution in [1.82, 2.24) is 14.9 Å². The van der Waals surface area contributed by atoms with Crippen LogP contribution >= 0.6 is 0 Å². The van der Waals surface area contributed by atoms with Gasteiger partial charge in [0, 0.05) is 25.4 Å². The summed E-state index contributed by atoms with van der Waals surface area (Å²) in [7, 11) is 0. The Balaban J connectivity index is 2.43. The molecule has 3 heteroatoms. The monoisotopic (exact) mass is 235 g/mol. The second kappa shape index (κ2) is 8.07. The van der Waals surface area contributed by atoms with Crippen LogP contribution in [0.5, 0.6) is 0 Å². The maximum atomic E-state index is 4.43. The molecule has 1 rings (SSSR count). The first-order chi connectivity index (χ1) is 8.27. The van der Waals surface area contributed by atoms with E-state index in [4.69, 9.17) is 0 Å². The number of nitrogens with zero attached hydrogens (tertiary/aromatic N) is 2. The Labute approximate surface area is 105 Å². The lowest BCUT2D eigenvalue weighted by atomic mass is 10.1. The van der Waals surface area contributed by atoms with Crippen LogP contribution in [0.3, 0.4) is 0 Å². The summed E-state index contributed by atoms with van der Waals surface area (Å²) in [4.78, 5) is 4.43. The topological polar surface area (TPSA) is 29.9 Å². The fraction of sp³-hybridized carbons (Fsp3) is 0.643. The zero-order chi connectivity index (χ0) is 12.5. The van der Waals surface area contributed by atoms with Gasteiger partial charge in [-0.2, -0.15) is 0 Å². The average Bonchev–Trinajstić information content (AvgIpc) is 2.73. The number of hydrogen-bond donors (Lipinski definition) is 1. The summed E-state index contributed by atoms with van der Waals surface area (Å²) in [6.45, 7) is 9.71. The molecule has 1 heterocycles. The number of rotatable bonds is 8. The second-order valence-electron chi connectivity index (χ2n) is 4.41. The van der Waals surface area contributed by atoms with Crippen molar-refractivity contribution >= 4 is 0 Å². The first kappa shape index (κ1) is 14.0. The summed E-state index contributed by atoms with van der Waals surface area (Å²) in [5.74, 6) is 1.18. The molecular weight excluding hydrogens is 210 g/mol. The first-order valence-corrected chi connectivity index (χ1v) is 6.64. The normalized spacial score (nSPS) is 12.1. The Morgan fingerprint density at radius 2 is 2.29 bits per heavy atom. The average molecular weight is 235 g/mol. The van der Waals surface area contributed by atoms with Crippen LogP contribution in [0.25, 0.3) is 0 Å². The lowest BCUT2D eigenvalue weighted by Crippen LogP contribution is -2.13. The fourth-order valence-corrected chi connectivity index (χ4v) is 1.87. The van der Waals surface area contributed by atoms with E-state index in [9.17, 15) is 0 Å². The molecule has 17 heavy (non-hydrogen) atoms. The Bertz CT molecular complexity index is 339. The molecule has 0 aromatic carbocycles. The summed E-state index contributed by atoms with van der Waals surface area (Å²) in [5.41, 5.74) is 1.41. The van der Waals surface area contributed by atoms with Gasteiger partial charge in [0.25, 0.3) is 0 Å². The molecule has 0 spiro atoms. The molecule has 1 N–H and O–H groups in total. The van der Waals surface area contributed by atoms with Gasteiger partial charge in [-0.25, -0.2) is 4.98 Å². The van der Waals surface area contributed by atoms with Gasteiger partial charge in [-0.3, -0.25) is 0 Å². The van der Waals surface area contributed by atoms with Gasteiger partial charge in [0.2, 0.25) is 0 Å². The molecule has 0 radical (unpaired) electrons. The van der Waals surface area contributed by atoms with E-state index in [1.165, 1.54) is 11.4 Å². The summed E-state index contributed by atoms with van der Waals surface area (Å²) >= 11 is 0. The fourth-order valence-electron chi connectivity index (χ4n) is 1.87. The van der Waals surface area contributed by atoms with E-state index >= 15 is 0 Å². The van der Waals surface area contributed by atoms with Gasteiger partial charge in [0.1, 0.15) is 5.82 Å². The minimum absolute atomic E-state index is 0.971. The van der Waals surface area contributed by atoms with Crippen LogP contribution in [-0.4, -0.2) is 22.6 Å². The van der Waals surface area contributed by atoms with Crippen molar-refractivity contribution < 1.29 is 0 Å². The van der Waals surface area contributed by atoms with Crippen molar-refractivity contribution in [3.8, 4) is 0 Å². The molecular formula is C14H25N3. The Hall–Kier alpha value is -1.09. The molecule has 0 saturated carbocycles. The molecule has 0 bridgehead atoms. The highest BCUT2D eigenvalue weighted by Crippen LogP contribution is 2.07. The van der Waals surface area contributed by atoms with Crippen LogP contribution in [0, 0.1) is 0 Å². The predicted octanol–water partition coefficient (Wildman–Crippen LogP) is 2.78. The van der Waals surface area contributed by atoms with Crippen molar-refractivity contribution in [1.29, 1.82) is 0 Å². The molecule has 0 fully saturated rings.